The highest BCUT2D eigenvalue weighted by molar-refractivity contribution is 5.96. The fourth-order valence-electron chi connectivity index (χ4n) is 2.08. The van der Waals surface area contributed by atoms with Crippen LogP contribution in [0.3, 0.4) is 0 Å². The van der Waals surface area contributed by atoms with Gasteiger partial charge in [-0.2, -0.15) is 5.10 Å². The molecule has 0 heterocycles. The highest BCUT2D eigenvalue weighted by Gasteiger charge is 2.19. The molecular formula is C13H14N4O4. The number of hydrazone groups is 1. The van der Waals surface area contributed by atoms with Crippen LogP contribution in [0.15, 0.2) is 34.9 Å². The second kappa shape index (κ2) is 6.12. The van der Waals surface area contributed by atoms with Gasteiger partial charge in [-0.3, -0.25) is 25.7 Å². The van der Waals surface area contributed by atoms with Crippen LogP contribution in [-0.4, -0.2) is 15.6 Å². The Morgan fingerprint density at radius 2 is 1.95 bits per heavy atom. The minimum absolute atomic E-state index is 0.134. The normalized spacial score (nSPS) is 16.4. The zero-order valence-corrected chi connectivity index (χ0v) is 11.4. The maximum Gasteiger partial charge on any atom is 0.301 e. The molecule has 0 aliphatic heterocycles. The third kappa shape index (κ3) is 3.62. The molecule has 0 spiro atoms. The summed E-state index contributed by atoms with van der Waals surface area (Å²) < 4.78 is 0. The Bertz CT molecular complexity index is 652. The van der Waals surface area contributed by atoms with E-state index in [0.717, 1.165) is 31.0 Å². The topological polar surface area (TPSA) is 111 Å². The van der Waals surface area contributed by atoms with Gasteiger partial charge in [0, 0.05) is 6.07 Å². The summed E-state index contributed by atoms with van der Waals surface area (Å²) in [7, 11) is 0. The number of allylic oxidation sites excluding steroid dienone is 2. The van der Waals surface area contributed by atoms with Crippen molar-refractivity contribution in [3.8, 4) is 0 Å². The number of anilines is 1. The van der Waals surface area contributed by atoms with Crippen molar-refractivity contribution in [3.63, 3.8) is 0 Å². The van der Waals surface area contributed by atoms with Crippen LogP contribution in [0.5, 0.6) is 0 Å². The average molecular weight is 290 g/mol. The van der Waals surface area contributed by atoms with E-state index in [2.05, 4.69) is 10.5 Å². The first-order valence-corrected chi connectivity index (χ1v) is 6.40. The number of non-ortho nitro benzene ring substituents is 1. The van der Waals surface area contributed by atoms with Gasteiger partial charge in [-0.05, 0) is 38.3 Å². The van der Waals surface area contributed by atoms with E-state index in [9.17, 15) is 20.2 Å². The van der Waals surface area contributed by atoms with E-state index >= 15 is 0 Å². The Hall–Kier alpha value is -2.77. The van der Waals surface area contributed by atoms with E-state index < -0.39 is 9.85 Å². The van der Waals surface area contributed by atoms with Crippen LogP contribution >= 0.6 is 0 Å². The highest BCUT2D eigenvalue weighted by atomic mass is 16.6. The van der Waals surface area contributed by atoms with Crippen molar-refractivity contribution in [3.05, 3.63) is 50.1 Å². The molecule has 1 aliphatic rings. The molecule has 1 N–H and O–H groups in total. The first-order valence-electron chi connectivity index (χ1n) is 6.40. The van der Waals surface area contributed by atoms with Crippen molar-refractivity contribution in [1.29, 1.82) is 0 Å². The molecule has 2 rings (SSSR count). The van der Waals surface area contributed by atoms with Crippen LogP contribution in [-0.2, 0) is 0 Å². The number of rotatable bonds is 4. The van der Waals surface area contributed by atoms with Gasteiger partial charge in [0.1, 0.15) is 5.69 Å². The maximum absolute atomic E-state index is 11.0. The summed E-state index contributed by atoms with van der Waals surface area (Å²) in [6.45, 7) is 2.00. The van der Waals surface area contributed by atoms with E-state index in [-0.39, 0.29) is 17.1 Å². The Balaban J connectivity index is 2.27. The average Bonchev–Trinajstić information content (AvgIpc) is 2.44. The van der Waals surface area contributed by atoms with Crippen molar-refractivity contribution in [2.75, 3.05) is 5.43 Å². The molecule has 0 unspecified atom stereocenters. The van der Waals surface area contributed by atoms with Crippen LogP contribution < -0.4 is 5.43 Å². The summed E-state index contributed by atoms with van der Waals surface area (Å²) in [5.41, 5.74) is 4.09. The Morgan fingerprint density at radius 1 is 1.19 bits per heavy atom. The van der Waals surface area contributed by atoms with Gasteiger partial charge in [0.15, 0.2) is 0 Å². The van der Waals surface area contributed by atoms with E-state index in [0.29, 0.717) is 0 Å². The first-order chi connectivity index (χ1) is 9.97. The number of hydrogen-bond donors (Lipinski definition) is 1. The molecule has 8 heteroatoms. The van der Waals surface area contributed by atoms with Crippen LogP contribution in [0, 0.1) is 20.2 Å². The van der Waals surface area contributed by atoms with Crippen molar-refractivity contribution < 1.29 is 9.85 Å². The van der Waals surface area contributed by atoms with Gasteiger partial charge in [0.2, 0.25) is 0 Å². The molecule has 0 saturated heterocycles. The van der Waals surface area contributed by atoms with Crippen LogP contribution in [0.1, 0.15) is 26.2 Å². The van der Waals surface area contributed by atoms with Gasteiger partial charge in [-0.15, -0.1) is 0 Å². The highest BCUT2D eigenvalue weighted by Crippen LogP contribution is 2.29. The van der Waals surface area contributed by atoms with E-state index in [1.165, 1.54) is 17.7 Å². The first kappa shape index (κ1) is 14.6. The van der Waals surface area contributed by atoms with Gasteiger partial charge >= 0.3 is 5.69 Å². The Morgan fingerprint density at radius 3 is 2.57 bits per heavy atom. The second-order valence-corrected chi connectivity index (χ2v) is 4.77. The number of hydrogen-bond acceptors (Lipinski definition) is 6. The zero-order valence-electron chi connectivity index (χ0n) is 11.4. The lowest BCUT2D eigenvalue weighted by atomic mass is 10.00. The summed E-state index contributed by atoms with van der Waals surface area (Å²) in [6.07, 6.45) is 4.75. The van der Waals surface area contributed by atoms with Crippen molar-refractivity contribution in [2.45, 2.75) is 26.2 Å². The fourth-order valence-corrected chi connectivity index (χ4v) is 2.08. The van der Waals surface area contributed by atoms with E-state index in [1.54, 1.807) is 0 Å². The summed E-state index contributed by atoms with van der Waals surface area (Å²) in [5.74, 6) is 0. The molecule has 0 bridgehead atoms. The van der Waals surface area contributed by atoms with Gasteiger partial charge < -0.3 is 0 Å². The number of nitro benzene ring substituents is 2. The molecule has 0 fully saturated rings. The predicted molar refractivity (Wildman–Crippen MR) is 78.4 cm³/mol. The molecule has 0 amide bonds. The van der Waals surface area contributed by atoms with Crippen molar-refractivity contribution >= 4 is 22.8 Å². The largest absolute Gasteiger partial charge is 0.301 e. The second-order valence-electron chi connectivity index (χ2n) is 4.77. The lowest BCUT2D eigenvalue weighted by molar-refractivity contribution is -0.393. The summed E-state index contributed by atoms with van der Waals surface area (Å²) in [5, 5.41) is 25.8. The number of nitrogens with one attached hydrogen (secondary N) is 1. The van der Waals surface area contributed by atoms with Gasteiger partial charge in [-0.25, -0.2) is 0 Å². The molecule has 0 aromatic heterocycles. The van der Waals surface area contributed by atoms with Crippen molar-refractivity contribution in [1.82, 2.24) is 0 Å². The molecule has 0 radical (unpaired) electrons. The standard InChI is InChI=1S/C13H14N4O4/c1-9-3-2-4-10(7-9)14-15-12-6-5-11(16(18)19)8-13(12)17(20)21/h5-8,15H,2-4H2,1H3. The molecule has 110 valence electrons. The Kier molecular flexibility index (Phi) is 4.27. The molecule has 1 aromatic carbocycles. The smallest absolute Gasteiger partial charge is 0.271 e. The van der Waals surface area contributed by atoms with Gasteiger partial charge in [0.25, 0.3) is 5.69 Å². The molecule has 1 aromatic rings. The third-order valence-electron chi connectivity index (χ3n) is 3.13. The molecule has 1 aliphatic carbocycles. The maximum atomic E-state index is 11.0. The number of nitro groups is 2. The summed E-state index contributed by atoms with van der Waals surface area (Å²) in [6, 6.07) is 3.42. The Labute approximate surface area is 120 Å². The molecule has 0 saturated carbocycles. The third-order valence-corrected chi connectivity index (χ3v) is 3.13. The fraction of sp³-hybridized carbons (Fsp3) is 0.308. The quantitative estimate of drug-likeness (QED) is 0.674. The number of benzene rings is 1. The van der Waals surface area contributed by atoms with E-state index in [4.69, 9.17) is 0 Å². The summed E-state index contributed by atoms with van der Waals surface area (Å²) in [4.78, 5) is 20.3. The monoisotopic (exact) mass is 290 g/mol. The predicted octanol–water partition coefficient (Wildman–Crippen LogP) is 3.40. The lowest BCUT2D eigenvalue weighted by Gasteiger charge is -2.11. The summed E-state index contributed by atoms with van der Waals surface area (Å²) >= 11 is 0. The molecule has 0 atom stereocenters. The molecular weight excluding hydrogens is 276 g/mol. The number of nitrogens with zero attached hydrogens (tertiary/aromatic N) is 3. The van der Waals surface area contributed by atoms with Gasteiger partial charge in [0.05, 0.1) is 21.6 Å². The van der Waals surface area contributed by atoms with Crippen molar-refractivity contribution in [2.24, 2.45) is 5.10 Å². The van der Waals surface area contributed by atoms with Crippen LogP contribution in [0.2, 0.25) is 0 Å². The lowest BCUT2D eigenvalue weighted by Crippen LogP contribution is -2.06. The zero-order chi connectivity index (χ0) is 15.4. The van der Waals surface area contributed by atoms with Crippen LogP contribution in [0.25, 0.3) is 0 Å². The van der Waals surface area contributed by atoms with Gasteiger partial charge in [-0.1, -0.05) is 5.57 Å². The van der Waals surface area contributed by atoms with Crippen LogP contribution in [0.4, 0.5) is 17.1 Å². The minimum atomic E-state index is -0.671. The SMILES string of the molecule is CC1=CC(=NNc2ccc([N+](=O)[O-])cc2[N+](=O)[O-])CCC1. The molecule has 8 nitrogen and oxygen atoms in total. The minimum Gasteiger partial charge on any atom is -0.271 e. The molecule has 21 heavy (non-hydrogen) atoms. The van der Waals surface area contributed by atoms with E-state index in [1.807, 2.05) is 13.0 Å².